The van der Waals surface area contributed by atoms with E-state index in [-0.39, 0.29) is 13.0 Å². The van der Waals surface area contributed by atoms with Gasteiger partial charge in [0, 0.05) is 36.8 Å². The van der Waals surface area contributed by atoms with Gasteiger partial charge in [0.15, 0.2) is 0 Å². The Kier molecular flexibility index (Phi) is 7.02. The summed E-state index contributed by atoms with van der Waals surface area (Å²) in [6.45, 7) is 9.17. The first-order valence-electron chi connectivity index (χ1n) is 11.2. The van der Waals surface area contributed by atoms with Crippen LogP contribution in [0.2, 0.25) is 0 Å². The van der Waals surface area contributed by atoms with Crippen LogP contribution in [0.1, 0.15) is 54.4 Å². The summed E-state index contributed by atoms with van der Waals surface area (Å²) in [5.74, 6) is -3.11. The topological polar surface area (TPSA) is 125 Å². The van der Waals surface area contributed by atoms with Gasteiger partial charge in [-0.2, -0.15) is 0 Å². The summed E-state index contributed by atoms with van der Waals surface area (Å²) >= 11 is 0. The van der Waals surface area contributed by atoms with Crippen LogP contribution >= 0.6 is 0 Å². The highest BCUT2D eigenvalue weighted by Crippen LogP contribution is 2.56. The van der Waals surface area contributed by atoms with Crippen LogP contribution in [0.5, 0.6) is 0 Å². The number of fused-ring (bicyclic) bond motifs is 2. The van der Waals surface area contributed by atoms with E-state index in [9.17, 15) is 24.3 Å². The molecule has 0 aromatic heterocycles. The fourth-order valence-electron chi connectivity index (χ4n) is 5.27. The molecule has 0 spiro atoms. The Hall–Kier alpha value is -2.68. The molecule has 0 aromatic carbocycles. The maximum atomic E-state index is 12.8. The van der Waals surface area contributed by atoms with Crippen LogP contribution in [0.3, 0.4) is 0 Å². The summed E-state index contributed by atoms with van der Waals surface area (Å²) in [6.07, 6.45) is -1.34. The fraction of sp³-hybridized carbons (Fsp3) is 0.667. The quantitative estimate of drug-likeness (QED) is 0.281. The van der Waals surface area contributed by atoms with Crippen molar-refractivity contribution in [2.75, 3.05) is 6.61 Å². The highest BCUT2D eigenvalue weighted by Gasteiger charge is 2.62. The second-order valence-electron chi connectivity index (χ2n) is 9.33. The van der Waals surface area contributed by atoms with Crippen LogP contribution in [0.25, 0.3) is 0 Å². The summed E-state index contributed by atoms with van der Waals surface area (Å²) in [5.41, 5.74) is 0.421. The van der Waals surface area contributed by atoms with Gasteiger partial charge in [-0.25, -0.2) is 4.79 Å². The van der Waals surface area contributed by atoms with E-state index in [0.29, 0.717) is 23.1 Å². The molecule has 2 aliphatic carbocycles. The fourth-order valence-corrected chi connectivity index (χ4v) is 5.27. The molecule has 0 radical (unpaired) electrons. The number of carbonyl (C=O) groups excluding carboxylic acids is 4. The van der Waals surface area contributed by atoms with Crippen molar-refractivity contribution in [1.29, 1.82) is 0 Å². The number of hydrogen-bond donors (Lipinski definition) is 1. The highest BCUT2D eigenvalue weighted by atomic mass is 16.6. The molecule has 0 amide bonds. The van der Waals surface area contributed by atoms with Crippen molar-refractivity contribution in [3.63, 3.8) is 0 Å². The van der Waals surface area contributed by atoms with Crippen molar-refractivity contribution in [2.24, 2.45) is 17.3 Å². The molecule has 1 heterocycles. The first-order valence-corrected chi connectivity index (χ1v) is 11.2. The summed E-state index contributed by atoms with van der Waals surface area (Å²) in [5, 5.41) is 11.2. The lowest BCUT2D eigenvalue weighted by atomic mass is 9.56. The smallest absolute Gasteiger partial charge is 0.333 e. The molecule has 3 aliphatic rings. The third-order valence-electron chi connectivity index (χ3n) is 7.16. The first kappa shape index (κ1) is 25.0. The summed E-state index contributed by atoms with van der Waals surface area (Å²) in [4.78, 5) is 48.7. The van der Waals surface area contributed by atoms with Gasteiger partial charge in [0.05, 0.1) is 17.9 Å². The van der Waals surface area contributed by atoms with Crippen molar-refractivity contribution in [1.82, 2.24) is 0 Å². The van der Waals surface area contributed by atoms with E-state index in [0.717, 1.165) is 0 Å². The summed E-state index contributed by atoms with van der Waals surface area (Å²) in [7, 11) is 0. The van der Waals surface area contributed by atoms with Crippen LogP contribution in [-0.2, 0) is 38.1 Å². The molecule has 9 heteroatoms. The average Bonchev–Trinajstić information content (AvgIpc) is 3.00. The van der Waals surface area contributed by atoms with Gasteiger partial charge in [-0.1, -0.05) is 19.9 Å². The maximum Gasteiger partial charge on any atom is 0.333 e. The van der Waals surface area contributed by atoms with Gasteiger partial charge in [-0.15, -0.1) is 0 Å². The lowest BCUT2D eigenvalue weighted by molar-refractivity contribution is -0.160. The number of ether oxygens (including phenoxy) is 4. The van der Waals surface area contributed by atoms with Gasteiger partial charge in [0.1, 0.15) is 24.9 Å². The normalized spacial score (nSPS) is 35.8. The Morgan fingerprint density at radius 1 is 1.18 bits per heavy atom. The van der Waals surface area contributed by atoms with Crippen molar-refractivity contribution in [3.8, 4) is 0 Å². The zero-order valence-electron chi connectivity index (χ0n) is 19.9. The van der Waals surface area contributed by atoms with Gasteiger partial charge >= 0.3 is 23.9 Å². The molecule has 0 unspecified atom stereocenters. The number of aliphatic hydroxyl groups is 1. The number of esters is 4. The van der Waals surface area contributed by atoms with Crippen molar-refractivity contribution >= 4 is 23.9 Å². The zero-order chi connectivity index (χ0) is 24.7. The largest absolute Gasteiger partial charge is 0.462 e. The third-order valence-corrected chi connectivity index (χ3v) is 7.16. The number of aliphatic hydroxyl groups excluding tert-OH is 1. The predicted molar refractivity (Wildman–Crippen MR) is 114 cm³/mol. The van der Waals surface area contributed by atoms with E-state index in [1.54, 1.807) is 33.8 Å². The predicted octanol–water partition coefficient (Wildman–Crippen LogP) is 2.01. The average molecular weight is 465 g/mol. The lowest BCUT2D eigenvalue weighted by Crippen LogP contribution is -2.57. The molecule has 9 nitrogen and oxygen atoms in total. The minimum Gasteiger partial charge on any atom is -0.462 e. The Balaban J connectivity index is 2.21. The summed E-state index contributed by atoms with van der Waals surface area (Å²) < 4.78 is 22.3. The highest BCUT2D eigenvalue weighted by molar-refractivity contribution is 5.88. The number of carbonyl (C=O) groups is 4. The number of rotatable bonds is 5. The van der Waals surface area contributed by atoms with Crippen LogP contribution in [0, 0.1) is 17.3 Å². The molecule has 7 atom stereocenters. The van der Waals surface area contributed by atoms with Gasteiger partial charge < -0.3 is 24.1 Å². The second kappa shape index (κ2) is 9.29. The molecule has 1 saturated carbocycles. The first-order chi connectivity index (χ1) is 15.4. The lowest BCUT2D eigenvalue weighted by Gasteiger charge is -2.52. The molecule has 1 aliphatic heterocycles. The monoisotopic (exact) mass is 464 g/mol. The van der Waals surface area contributed by atoms with Crippen LogP contribution < -0.4 is 0 Å². The Labute approximate surface area is 193 Å². The minimum absolute atomic E-state index is 0.0750. The van der Waals surface area contributed by atoms with E-state index in [4.69, 9.17) is 18.9 Å². The molecule has 0 aromatic rings. The van der Waals surface area contributed by atoms with Crippen LogP contribution in [0.4, 0.5) is 0 Å². The second-order valence-corrected chi connectivity index (χ2v) is 9.33. The molecule has 2 fully saturated rings. The van der Waals surface area contributed by atoms with Gasteiger partial charge in [0.2, 0.25) is 0 Å². The van der Waals surface area contributed by atoms with E-state index < -0.39 is 65.5 Å². The molecular weight excluding hydrogens is 432 g/mol. The zero-order valence-corrected chi connectivity index (χ0v) is 19.9. The van der Waals surface area contributed by atoms with Crippen molar-refractivity contribution in [2.45, 2.75) is 78.8 Å². The molecule has 33 heavy (non-hydrogen) atoms. The molecule has 1 saturated heterocycles. The third kappa shape index (κ3) is 4.55. The van der Waals surface area contributed by atoms with E-state index >= 15 is 0 Å². The van der Waals surface area contributed by atoms with Crippen LogP contribution in [-0.4, -0.2) is 60.0 Å². The van der Waals surface area contributed by atoms with Crippen molar-refractivity contribution < 1.29 is 43.2 Å². The molecule has 1 N–H and O–H groups in total. The van der Waals surface area contributed by atoms with E-state index in [1.807, 2.05) is 0 Å². The standard InChI is InChI=1S/C24H32O9/c1-7-11(2)22(28)33-21-19-12(3)23(29)32-17(19)9-24(6)18(27)8-16(31-14(5)26)15(20(21)24)10-30-13(4)25/h7,12,16-19,21,27H,8-10H2,1-6H3/b11-7+/t12-,16+,17-,18+,19-,21+,24-/m1/s1. The molecular formula is C24H32O9. The molecule has 0 bridgehead atoms. The Morgan fingerprint density at radius 2 is 1.85 bits per heavy atom. The molecule has 182 valence electrons. The maximum absolute atomic E-state index is 12.8. The number of hydrogen-bond acceptors (Lipinski definition) is 9. The van der Waals surface area contributed by atoms with Gasteiger partial charge in [0.25, 0.3) is 0 Å². The van der Waals surface area contributed by atoms with Crippen molar-refractivity contribution in [3.05, 3.63) is 22.8 Å². The van der Waals surface area contributed by atoms with Gasteiger partial charge in [-0.3, -0.25) is 14.4 Å². The van der Waals surface area contributed by atoms with E-state index in [2.05, 4.69) is 0 Å². The van der Waals surface area contributed by atoms with Gasteiger partial charge in [-0.05, 0) is 25.8 Å². The SMILES string of the molecule is C/C=C(\C)C(=O)O[C@@H]1C2=C(COC(C)=O)[C@@H](OC(C)=O)C[C@H](O)[C@@]2(C)C[C@H]2OC(=O)[C@H](C)[C@@H]12. The Morgan fingerprint density at radius 3 is 2.42 bits per heavy atom. The number of allylic oxidation sites excluding steroid dienone is 1. The minimum atomic E-state index is -0.975. The summed E-state index contributed by atoms with van der Waals surface area (Å²) in [6, 6.07) is 0. The Bertz CT molecular complexity index is 917. The van der Waals surface area contributed by atoms with Crippen LogP contribution in [0.15, 0.2) is 22.8 Å². The van der Waals surface area contributed by atoms with E-state index in [1.165, 1.54) is 13.8 Å². The molecule has 3 rings (SSSR count).